The molecule has 1 rings (SSSR count). The summed E-state index contributed by atoms with van der Waals surface area (Å²) < 4.78 is 5.02. The topological polar surface area (TPSA) is 61.8 Å². The Kier molecular flexibility index (Phi) is 4.86. The van der Waals surface area contributed by atoms with Crippen molar-refractivity contribution in [2.45, 2.75) is 25.7 Å². The molecular weight excluding hydrogens is 184 g/mol. The molecule has 0 saturated carbocycles. The van der Waals surface area contributed by atoms with Crippen LogP contribution in [0, 0.1) is 0 Å². The maximum atomic E-state index is 10.7. The molecule has 0 aromatic heterocycles. The van der Waals surface area contributed by atoms with Crippen molar-refractivity contribution >= 4 is 6.41 Å². The molecule has 0 aliphatic carbocycles. The molecule has 82 valence electrons. The van der Waals surface area contributed by atoms with Crippen molar-refractivity contribution in [3.8, 4) is 0 Å². The van der Waals surface area contributed by atoms with Crippen LogP contribution in [0.1, 0.15) is 13.3 Å². The molecule has 0 bridgehead atoms. The number of aliphatic hydroxyl groups is 1. The first-order chi connectivity index (χ1) is 6.77. The molecule has 1 heterocycles. The summed E-state index contributed by atoms with van der Waals surface area (Å²) in [5.41, 5.74) is 0. The summed E-state index contributed by atoms with van der Waals surface area (Å²) in [7, 11) is 0. The molecule has 1 aliphatic heterocycles. The highest BCUT2D eigenvalue weighted by molar-refractivity contribution is 5.48. The minimum absolute atomic E-state index is 0.0443. The lowest BCUT2D eigenvalue weighted by atomic mass is 10.1. The zero-order chi connectivity index (χ0) is 10.4. The van der Waals surface area contributed by atoms with Crippen molar-refractivity contribution in [2.24, 2.45) is 0 Å². The summed E-state index contributed by atoms with van der Waals surface area (Å²) in [5, 5.41) is 12.6. The van der Waals surface area contributed by atoms with Crippen LogP contribution < -0.4 is 5.32 Å². The van der Waals surface area contributed by atoms with Gasteiger partial charge in [-0.2, -0.15) is 0 Å². The monoisotopic (exact) mass is 202 g/mol. The van der Waals surface area contributed by atoms with E-state index in [1.54, 1.807) is 4.90 Å². The van der Waals surface area contributed by atoms with Gasteiger partial charge in [0.25, 0.3) is 0 Å². The van der Waals surface area contributed by atoms with Gasteiger partial charge in [0.15, 0.2) is 6.29 Å². The third-order valence-corrected chi connectivity index (χ3v) is 2.36. The normalized spacial score (nSPS) is 24.7. The number of nitrogens with one attached hydrogen (secondary N) is 1. The summed E-state index contributed by atoms with van der Waals surface area (Å²) in [6.45, 7) is 4.57. The molecule has 2 N–H and O–H groups in total. The largest absolute Gasteiger partial charge is 0.368 e. The summed E-state index contributed by atoms with van der Waals surface area (Å²) in [4.78, 5) is 12.4. The number of rotatable bonds is 5. The van der Waals surface area contributed by atoms with Crippen LogP contribution in [0.2, 0.25) is 0 Å². The zero-order valence-corrected chi connectivity index (χ0v) is 8.48. The Morgan fingerprint density at radius 3 is 3.21 bits per heavy atom. The lowest BCUT2D eigenvalue weighted by molar-refractivity contribution is -0.129. The fourth-order valence-corrected chi connectivity index (χ4v) is 1.63. The molecule has 5 heteroatoms. The second-order valence-electron chi connectivity index (χ2n) is 3.35. The number of hydrogen-bond acceptors (Lipinski definition) is 4. The molecule has 1 aliphatic rings. The number of aliphatic hydroxyl groups excluding tert-OH is 1. The van der Waals surface area contributed by atoms with E-state index in [2.05, 4.69) is 5.32 Å². The van der Waals surface area contributed by atoms with Crippen LogP contribution in [0.15, 0.2) is 0 Å². The number of carbonyl (C=O) groups excluding carboxylic acids is 1. The van der Waals surface area contributed by atoms with Gasteiger partial charge >= 0.3 is 0 Å². The highest BCUT2D eigenvalue weighted by atomic mass is 16.6. The fourth-order valence-electron chi connectivity index (χ4n) is 1.63. The van der Waals surface area contributed by atoms with Crippen LogP contribution in [0.25, 0.3) is 0 Å². The molecule has 0 spiro atoms. The van der Waals surface area contributed by atoms with Gasteiger partial charge in [-0.1, -0.05) is 0 Å². The molecule has 0 radical (unpaired) electrons. The number of amides is 1. The molecule has 1 amide bonds. The van der Waals surface area contributed by atoms with Crippen molar-refractivity contribution in [1.82, 2.24) is 10.2 Å². The summed E-state index contributed by atoms with van der Waals surface area (Å²) in [5.74, 6) is 0. The highest BCUT2D eigenvalue weighted by Gasteiger charge is 2.23. The Morgan fingerprint density at radius 1 is 1.79 bits per heavy atom. The van der Waals surface area contributed by atoms with Gasteiger partial charge in [0.1, 0.15) is 0 Å². The van der Waals surface area contributed by atoms with Crippen LogP contribution in [0.4, 0.5) is 0 Å². The van der Waals surface area contributed by atoms with Gasteiger partial charge in [-0.15, -0.1) is 0 Å². The molecule has 5 nitrogen and oxygen atoms in total. The smallest absolute Gasteiger partial charge is 0.210 e. The van der Waals surface area contributed by atoms with Crippen molar-refractivity contribution < 1.29 is 14.6 Å². The summed E-state index contributed by atoms with van der Waals surface area (Å²) >= 11 is 0. The van der Waals surface area contributed by atoms with E-state index in [0.717, 1.165) is 19.5 Å². The molecule has 2 unspecified atom stereocenters. The number of nitrogens with zero attached hydrogens (tertiary/aromatic N) is 1. The van der Waals surface area contributed by atoms with Crippen molar-refractivity contribution in [3.05, 3.63) is 0 Å². The predicted octanol–water partition coefficient (Wildman–Crippen LogP) is -0.838. The minimum atomic E-state index is -0.771. The van der Waals surface area contributed by atoms with Gasteiger partial charge in [-0.05, 0) is 6.92 Å². The van der Waals surface area contributed by atoms with E-state index in [4.69, 9.17) is 4.74 Å². The minimum Gasteiger partial charge on any atom is -0.368 e. The van der Waals surface area contributed by atoms with E-state index >= 15 is 0 Å². The SMILES string of the molecule is CCOC(O)CC1CNCCN1C=O. The Bertz CT molecular complexity index is 177. The quantitative estimate of drug-likeness (QED) is 0.451. The van der Waals surface area contributed by atoms with Crippen molar-refractivity contribution in [1.29, 1.82) is 0 Å². The maximum Gasteiger partial charge on any atom is 0.210 e. The molecule has 1 fully saturated rings. The van der Waals surface area contributed by atoms with E-state index < -0.39 is 6.29 Å². The standard InChI is InChI=1S/C9H18N2O3/c1-2-14-9(13)5-8-6-10-3-4-11(8)7-12/h7-10,13H,2-6H2,1H3. The lowest BCUT2D eigenvalue weighted by Gasteiger charge is -2.34. The van der Waals surface area contributed by atoms with Gasteiger partial charge in [0, 0.05) is 38.7 Å². The summed E-state index contributed by atoms with van der Waals surface area (Å²) in [6, 6.07) is 0.0443. The molecule has 0 aromatic rings. The van der Waals surface area contributed by atoms with Gasteiger partial charge in [-0.25, -0.2) is 0 Å². The van der Waals surface area contributed by atoms with Crippen LogP contribution in [0.5, 0.6) is 0 Å². The molecule has 14 heavy (non-hydrogen) atoms. The maximum absolute atomic E-state index is 10.7. The second kappa shape index (κ2) is 5.95. The lowest BCUT2D eigenvalue weighted by Crippen LogP contribution is -2.51. The van der Waals surface area contributed by atoms with E-state index in [1.807, 2.05) is 6.92 Å². The molecule has 2 atom stereocenters. The average Bonchev–Trinajstić information content (AvgIpc) is 2.19. The molecule has 1 saturated heterocycles. The Balaban J connectivity index is 2.35. The number of carbonyl (C=O) groups is 1. The van der Waals surface area contributed by atoms with Crippen LogP contribution in [-0.4, -0.2) is 55.0 Å². The number of ether oxygens (including phenoxy) is 1. The first-order valence-electron chi connectivity index (χ1n) is 4.99. The van der Waals surface area contributed by atoms with E-state index in [1.165, 1.54) is 0 Å². The third-order valence-electron chi connectivity index (χ3n) is 2.36. The number of hydrogen-bond donors (Lipinski definition) is 2. The van der Waals surface area contributed by atoms with Crippen molar-refractivity contribution in [3.63, 3.8) is 0 Å². The fraction of sp³-hybridized carbons (Fsp3) is 0.889. The Labute approximate surface area is 84.0 Å². The van der Waals surface area contributed by atoms with Crippen LogP contribution in [0.3, 0.4) is 0 Å². The Hall–Kier alpha value is -0.650. The van der Waals surface area contributed by atoms with E-state index in [9.17, 15) is 9.90 Å². The van der Waals surface area contributed by atoms with E-state index in [-0.39, 0.29) is 6.04 Å². The first-order valence-corrected chi connectivity index (χ1v) is 4.99. The molecular formula is C9H18N2O3. The average molecular weight is 202 g/mol. The van der Waals surface area contributed by atoms with Gasteiger partial charge < -0.3 is 20.1 Å². The second-order valence-corrected chi connectivity index (χ2v) is 3.35. The molecule has 0 aromatic carbocycles. The predicted molar refractivity (Wildman–Crippen MR) is 51.7 cm³/mol. The Morgan fingerprint density at radius 2 is 2.57 bits per heavy atom. The number of piperazine rings is 1. The van der Waals surface area contributed by atoms with E-state index in [0.29, 0.717) is 19.6 Å². The van der Waals surface area contributed by atoms with Gasteiger partial charge in [0.05, 0.1) is 0 Å². The summed E-state index contributed by atoms with van der Waals surface area (Å²) in [6.07, 6.45) is 0.538. The van der Waals surface area contributed by atoms with Gasteiger partial charge in [0.2, 0.25) is 6.41 Å². The van der Waals surface area contributed by atoms with Crippen molar-refractivity contribution in [2.75, 3.05) is 26.2 Å². The highest BCUT2D eigenvalue weighted by Crippen LogP contribution is 2.08. The van der Waals surface area contributed by atoms with Crippen LogP contribution >= 0.6 is 0 Å². The zero-order valence-electron chi connectivity index (χ0n) is 8.48. The van der Waals surface area contributed by atoms with Gasteiger partial charge in [-0.3, -0.25) is 4.79 Å². The van der Waals surface area contributed by atoms with Crippen LogP contribution in [-0.2, 0) is 9.53 Å². The third kappa shape index (κ3) is 3.25. The first kappa shape index (κ1) is 11.4.